The van der Waals surface area contributed by atoms with Crippen LogP contribution in [0.1, 0.15) is 22.7 Å². The van der Waals surface area contributed by atoms with E-state index in [0.29, 0.717) is 31.3 Å². The number of ether oxygens (including phenoxy) is 1. The molecular weight excluding hydrogens is 320 g/mol. The van der Waals surface area contributed by atoms with E-state index < -0.39 is 9.84 Å². The summed E-state index contributed by atoms with van der Waals surface area (Å²) in [6, 6.07) is 1.31. The lowest BCUT2D eigenvalue weighted by molar-refractivity contribution is 0.0935. The minimum atomic E-state index is -3.03. The Kier molecular flexibility index (Phi) is 4.49. The molecule has 2 aliphatic rings. The zero-order chi connectivity index (χ0) is 16.4. The molecule has 0 radical (unpaired) electrons. The van der Waals surface area contributed by atoms with Gasteiger partial charge < -0.3 is 15.0 Å². The summed E-state index contributed by atoms with van der Waals surface area (Å²) in [6.45, 7) is 4.44. The number of rotatable bonds is 3. The Morgan fingerprint density at radius 2 is 2.09 bits per heavy atom. The molecule has 0 saturated carbocycles. The number of anilines is 1. The fourth-order valence-electron chi connectivity index (χ4n) is 2.79. The number of hydrogen-bond donors (Lipinski definition) is 1. The topological polar surface area (TPSA) is 101 Å². The van der Waals surface area contributed by atoms with Crippen LogP contribution in [-0.2, 0) is 14.6 Å². The van der Waals surface area contributed by atoms with E-state index in [1.54, 1.807) is 13.0 Å². The fourth-order valence-corrected chi connectivity index (χ4v) is 4.46. The molecule has 126 valence electrons. The summed E-state index contributed by atoms with van der Waals surface area (Å²) in [7, 11) is -3.03. The average molecular weight is 340 g/mol. The molecule has 0 aliphatic carbocycles. The van der Waals surface area contributed by atoms with Crippen LogP contribution >= 0.6 is 0 Å². The van der Waals surface area contributed by atoms with Crippen LogP contribution in [0.3, 0.4) is 0 Å². The van der Waals surface area contributed by atoms with Crippen molar-refractivity contribution in [1.29, 1.82) is 0 Å². The van der Waals surface area contributed by atoms with Crippen molar-refractivity contribution in [2.45, 2.75) is 19.4 Å². The van der Waals surface area contributed by atoms with E-state index >= 15 is 0 Å². The van der Waals surface area contributed by atoms with E-state index in [9.17, 15) is 13.2 Å². The molecule has 3 heterocycles. The van der Waals surface area contributed by atoms with E-state index in [0.717, 1.165) is 13.1 Å². The van der Waals surface area contributed by atoms with Gasteiger partial charge in [0.1, 0.15) is 17.3 Å². The molecule has 1 aromatic rings. The van der Waals surface area contributed by atoms with Crippen LogP contribution in [0.2, 0.25) is 0 Å². The third-order valence-corrected chi connectivity index (χ3v) is 5.73. The fraction of sp³-hybridized carbons (Fsp3) is 0.643. The predicted octanol–water partition coefficient (Wildman–Crippen LogP) is -0.461. The largest absolute Gasteiger partial charge is 0.378 e. The smallest absolute Gasteiger partial charge is 0.270 e. The monoisotopic (exact) mass is 340 g/mol. The number of morpholine rings is 1. The van der Waals surface area contributed by atoms with Gasteiger partial charge in [-0.2, -0.15) is 0 Å². The minimum Gasteiger partial charge on any atom is -0.378 e. The number of aromatic nitrogens is 2. The molecule has 2 fully saturated rings. The highest BCUT2D eigenvalue weighted by Gasteiger charge is 2.29. The number of carbonyl (C=O) groups excluding carboxylic acids is 1. The van der Waals surface area contributed by atoms with Gasteiger partial charge in [-0.15, -0.1) is 0 Å². The van der Waals surface area contributed by atoms with Crippen LogP contribution in [-0.4, -0.2) is 68.1 Å². The standard InChI is InChI=1S/C14H20N4O4S/c1-10-15-12(8-13(16-10)18-3-5-22-6-4-18)14(19)17-11-2-7-23(20,21)9-11/h8,11H,2-7,9H2,1H3,(H,17,19). The normalized spacial score (nSPS) is 23.7. The summed E-state index contributed by atoms with van der Waals surface area (Å²) in [6.07, 6.45) is 0.453. The highest BCUT2D eigenvalue weighted by atomic mass is 32.2. The predicted molar refractivity (Wildman–Crippen MR) is 84.3 cm³/mol. The average Bonchev–Trinajstić information content (AvgIpc) is 2.86. The number of hydrogen-bond acceptors (Lipinski definition) is 7. The lowest BCUT2D eigenvalue weighted by atomic mass is 10.2. The summed E-state index contributed by atoms with van der Waals surface area (Å²) in [5, 5.41) is 2.76. The van der Waals surface area contributed by atoms with Gasteiger partial charge in [-0.1, -0.05) is 0 Å². The van der Waals surface area contributed by atoms with Gasteiger partial charge in [0.25, 0.3) is 5.91 Å². The quantitative estimate of drug-likeness (QED) is 0.794. The Hall–Kier alpha value is -1.74. The second-order valence-electron chi connectivity index (χ2n) is 5.83. The van der Waals surface area contributed by atoms with Crippen LogP contribution < -0.4 is 10.2 Å². The maximum Gasteiger partial charge on any atom is 0.270 e. The van der Waals surface area contributed by atoms with Crippen molar-refractivity contribution in [2.75, 3.05) is 42.7 Å². The molecule has 1 amide bonds. The lowest BCUT2D eigenvalue weighted by Gasteiger charge is -2.28. The van der Waals surface area contributed by atoms with E-state index in [1.807, 2.05) is 0 Å². The number of nitrogens with one attached hydrogen (secondary N) is 1. The number of sulfone groups is 1. The Bertz CT molecular complexity index is 701. The number of aryl methyl sites for hydroxylation is 1. The first kappa shape index (κ1) is 16.1. The van der Waals surface area contributed by atoms with E-state index in [2.05, 4.69) is 20.2 Å². The van der Waals surface area contributed by atoms with Crippen molar-refractivity contribution in [3.63, 3.8) is 0 Å². The van der Waals surface area contributed by atoms with Crippen molar-refractivity contribution < 1.29 is 17.9 Å². The molecule has 1 aromatic heterocycles. The van der Waals surface area contributed by atoms with Crippen molar-refractivity contribution in [2.24, 2.45) is 0 Å². The van der Waals surface area contributed by atoms with Gasteiger partial charge in [-0.3, -0.25) is 4.79 Å². The Morgan fingerprint density at radius 1 is 1.35 bits per heavy atom. The SMILES string of the molecule is Cc1nc(C(=O)NC2CCS(=O)(=O)C2)cc(N2CCOCC2)n1. The van der Waals surface area contributed by atoms with Crippen LogP contribution in [0, 0.1) is 6.92 Å². The van der Waals surface area contributed by atoms with E-state index in [1.165, 1.54) is 0 Å². The third kappa shape index (κ3) is 3.97. The summed E-state index contributed by atoms with van der Waals surface area (Å²) in [5.74, 6) is 0.981. The maximum absolute atomic E-state index is 12.4. The van der Waals surface area contributed by atoms with Crippen molar-refractivity contribution in [3.8, 4) is 0 Å². The van der Waals surface area contributed by atoms with Gasteiger partial charge in [0.2, 0.25) is 0 Å². The van der Waals surface area contributed by atoms with Gasteiger partial charge in [0.05, 0.1) is 24.7 Å². The lowest BCUT2D eigenvalue weighted by Crippen LogP contribution is -2.38. The molecule has 0 bridgehead atoms. The van der Waals surface area contributed by atoms with Gasteiger partial charge in [0, 0.05) is 25.2 Å². The molecule has 8 nitrogen and oxygen atoms in total. The van der Waals surface area contributed by atoms with Gasteiger partial charge in [-0.05, 0) is 13.3 Å². The minimum absolute atomic E-state index is 0.000866. The number of amides is 1. The maximum atomic E-state index is 12.4. The molecule has 23 heavy (non-hydrogen) atoms. The molecule has 2 saturated heterocycles. The van der Waals surface area contributed by atoms with Crippen LogP contribution in [0.5, 0.6) is 0 Å². The van der Waals surface area contributed by atoms with Crippen molar-refractivity contribution >= 4 is 21.6 Å². The van der Waals surface area contributed by atoms with Gasteiger partial charge in [0.15, 0.2) is 9.84 Å². The molecule has 9 heteroatoms. The van der Waals surface area contributed by atoms with Crippen LogP contribution in [0.25, 0.3) is 0 Å². The number of carbonyl (C=O) groups is 1. The van der Waals surface area contributed by atoms with Crippen LogP contribution in [0.15, 0.2) is 6.07 Å². The molecule has 2 aliphatic heterocycles. The Balaban J connectivity index is 1.74. The molecule has 0 aromatic carbocycles. The first-order valence-corrected chi connectivity index (χ1v) is 9.45. The molecule has 3 rings (SSSR count). The zero-order valence-electron chi connectivity index (χ0n) is 13.0. The molecule has 1 atom stereocenters. The van der Waals surface area contributed by atoms with Gasteiger partial charge >= 0.3 is 0 Å². The highest BCUT2D eigenvalue weighted by molar-refractivity contribution is 7.91. The zero-order valence-corrected chi connectivity index (χ0v) is 13.8. The first-order chi connectivity index (χ1) is 10.9. The Labute approximate surface area is 135 Å². The summed E-state index contributed by atoms with van der Waals surface area (Å²) in [4.78, 5) is 23.0. The summed E-state index contributed by atoms with van der Waals surface area (Å²) >= 11 is 0. The highest BCUT2D eigenvalue weighted by Crippen LogP contribution is 2.16. The van der Waals surface area contributed by atoms with Crippen molar-refractivity contribution in [1.82, 2.24) is 15.3 Å². The van der Waals surface area contributed by atoms with E-state index in [-0.39, 0.29) is 29.1 Å². The summed E-state index contributed by atoms with van der Waals surface area (Å²) < 4.78 is 28.3. The summed E-state index contributed by atoms with van der Waals surface area (Å²) in [5.41, 5.74) is 0.267. The molecule has 1 N–H and O–H groups in total. The second-order valence-corrected chi connectivity index (χ2v) is 8.06. The third-order valence-electron chi connectivity index (χ3n) is 3.96. The first-order valence-electron chi connectivity index (χ1n) is 7.63. The van der Waals surface area contributed by atoms with Gasteiger partial charge in [-0.25, -0.2) is 18.4 Å². The molecule has 0 spiro atoms. The molecular formula is C14H20N4O4S. The second kappa shape index (κ2) is 6.40. The van der Waals surface area contributed by atoms with Crippen LogP contribution in [0.4, 0.5) is 5.82 Å². The molecule has 1 unspecified atom stereocenters. The Morgan fingerprint density at radius 3 is 2.74 bits per heavy atom. The number of nitrogens with zero attached hydrogens (tertiary/aromatic N) is 3. The van der Waals surface area contributed by atoms with Crippen molar-refractivity contribution in [3.05, 3.63) is 17.6 Å². The van der Waals surface area contributed by atoms with E-state index in [4.69, 9.17) is 4.74 Å².